The molecule has 2 unspecified atom stereocenters. The van der Waals surface area contributed by atoms with E-state index in [0.29, 0.717) is 0 Å². The third kappa shape index (κ3) is 2.23. The molecule has 0 radical (unpaired) electrons. The molecule has 0 aromatic rings. The lowest BCUT2D eigenvalue weighted by Gasteiger charge is -2.26. The average Bonchev–Trinajstić information content (AvgIpc) is 2.13. The highest BCUT2D eigenvalue weighted by atomic mass is 19.3. The molecule has 0 bridgehead atoms. The summed E-state index contributed by atoms with van der Waals surface area (Å²) in [5.41, 5.74) is 2.73. The van der Waals surface area contributed by atoms with Crippen molar-refractivity contribution in [1.29, 1.82) is 5.26 Å². The predicted octanol–water partition coefficient (Wildman–Crippen LogP) is 1.06. The van der Waals surface area contributed by atoms with E-state index in [1.54, 1.807) is 0 Å². The Morgan fingerprint density at radius 2 is 2.15 bits per heavy atom. The number of ether oxygens (including phenoxy) is 1. The molecule has 74 valence electrons. The molecule has 13 heavy (non-hydrogen) atoms. The average molecular weight is 190 g/mol. The first kappa shape index (κ1) is 12.0. The number of alkyl halides is 2. The van der Waals surface area contributed by atoms with Crippen LogP contribution in [0.5, 0.6) is 0 Å². The van der Waals surface area contributed by atoms with E-state index in [-0.39, 0.29) is 5.57 Å². The Labute approximate surface area is 75.8 Å². The Morgan fingerprint density at radius 1 is 1.69 bits per heavy atom. The maximum atomic E-state index is 12.4. The molecule has 0 fully saturated rings. The van der Waals surface area contributed by atoms with Gasteiger partial charge in [0.05, 0.1) is 12.2 Å². The van der Waals surface area contributed by atoms with Gasteiger partial charge in [-0.2, -0.15) is 5.26 Å². The van der Waals surface area contributed by atoms with Crippen molar-refractivity contribution < 1.29 is 13.5 Å². The standard InChI is InChI=1S/C8H12F2N2O/c1-5(6(2)13-3)8(12,4-11)7(9)10/h6-7H,1,12H2,2-3H3. The third-order valence-electron chi connectivity index (χ3n) is 1.90. The highest BCUT2D eigenvalue weighted by Gasteiger charge is 2.41. The second-order valence-electron chi connectivity index (χ2n) is 2.68. The van der Waals surface area contributed by atoms with E-state index < -0.39 is 18.1 Å². The van der Waals surface area contributed by atoms with Crippen LogP contribution < -0.4 is 5.73 Å². The van der Waals surface area contributed by atoms with Gasteiger partial charge in [-0.1, -0.05) is 6.58 Å². The second-order valence-corrected chi connectivity index (χ2v) is 2.68. The van der Waals surface area contributed by atoms with Gasteiger partial charge in [-0.15, -0.1) is 0 Å². The number of rotatable bonds is 4. The Balaban J connectivity index is 4.80. The summed E-state index contributed by atoms with van der Waals surface area (Å²) in [6.45, 7) is 4.84. The van der Waals surface area contributed by atoms with Crippen molar-refractivity contribution in [1.82, 2.24) is 0 Å². The Kier molecular flexibility index (Phi) is 3.98. The van der Waals surface area contributed by atoms with Gasteiger partial charge < -0.3 is 10.5 Å². The molecule has 0 aliphatic carbocycles. The summed E-state index contributed by atoms with van der Waals surface area (Å²) < 4.78 is 29.5. The van der Waals surface area contributed by atoms with Crippen molar-refractivity contribution in [2.75, 3.05) is 7.11 Å². The minimum absolute atomic E-state index is 0.118. The summed E-state index contributed by atoms with van der Waals surface area (Å²) in [7, 11) is 1.33. The maximum absolute atomic E-state index is 12.4. The quantitative estimate of drug-likeness (QED) is 0.674. The topological polar surface area (TPSA) is 59.0 Å². The molecule has 2 N–H and O–H groups in total. The molecular formula is C8H12F2N2O. The van der Waals surface area contributed by atoms with Crippen LogP contribution in [0, 0.1) is 11.3 Å². The molecule has 0 amide bonds. The van der Waals surface area contributed by atoms with Crippen LogP contribution in [0.4, 0.5) is 8.78 Å². The smallest absolute Gasteiger partial charge is 0.273 e. The van der Waals surface area contributed by atoms with Crippen LogP contribution in [0.25, 0.3) is 0 Å². The second kappa shape index (κ2) is 4.30. The summed E-state index contributed by atoms with van der Waals surface area (Å²) in [5, 5.41) is 8.50. The fourth-order valence-corrected chi connectivity index (χ4v) is 0.739. The number of halogens is 2. The first-order valence-corrected chi connectivity index (χ1v) is 3.60. The van der Waals surface area contributed by atoms with Crippen LogP contribution in [-0.2, 0) is 4.74 Å². The normalized spacial score (nSPS) is 17.6. The molecule has 0 aromatic carbocycles. The zero-order chi connectivity index (χ0) is 10.6. The number of nitrogens with two attached hydrogens (primary N) is 1. The van der Waals surface area contributed by atoms with Crippen molar-refractivity contribution in [2.45, 2.75) is 25.0 Å². The fourth-order valence-electron chi connectivity index (χ4n) is 0.739. The molecule has 0 aliphatic heterocycles. The van der Waals surface area contributed by atoms with Crippen LogP contribution in [0.15, 0.2) is 12.2 Å². The van der Waals surface area contributed by atoms with Gasteiger partial charge in [0.15, 0.2) is 5.54 Å². The molecule has 0 aromatic heterocycles. The van der Waals surface area contributed by atoms with Gasteiger partial charge >= 0.3 is 0 Å². The van der Waals surface area contributed by atoms with Gasteiger partial charge in [0.1, 0.15) is 0 Å². The molecule has 0 saturated heterocycles. The zero-order valence-corrected chi connectivity index (χ0v) is 7.55. The Morgan fingerprint density at radius 3 is 2.38 bits per heavy atom. The first-order chi connectivity index (χ1) is 5.90. The van der Waals surface area contributed by atoms with Crippen LogP contribution in [0.1, 0.15) is 6.92 Å². The number of hydrogen-bond donors (Lipinski definition) is 1. The summed E-state index contributed by atoms with van der Waals surface area (Å²) in [6, 6.07) is 1.34. The lowest BCUT2D eigenvalue weighted by atomic mass is 9.90. The Bertz CT molecular complexity index is 237. The minimum Gasteiger partial charge on any atom is -0.377 e. The van der Waals surface area contributed by atoms with Crippen LogP contribution in [0.3, 0.4) is 0 Å². The van der Waals surface area contributed by atoms with Crippen LogP contribution in [-0.4, -0.2) is 25.2 Å². The van der Waals surface area contributed by atoms with Gasteiger partial charge in [-0.3, -0.25) is 0 Å². The number of methoxy groups -OCH3 is 1. The van der Waals surface area contributed by atoms with Crippen LogP contribution in [0.2, 0.25) is 0 Å². The predicted molar refractivity (Wildman–Crippen MR) is 44.1 cm³/mol. The highest BCUT2D eigenvalue weighted by Crippen LogP contribution is 2.23. The molecule has 0 aliphatic rings. The monoisotopic (exact) mass is 190 g/mol. The molecule has 5 heteroatoms. The lowest BCUT2D eigenvalue weighted by Crippen LogP contribution is -2.50. The molecular weight excluding hydrogens is 178 g/mol. The van der Waals surface area contributed by atoms with E-state index in [2.05, 4.69) is 6.58 Å². The van der Waals surface area contributed by atoms with E-state index in [0.717, 1.165) is 0 Å². The Hall–Kier alpha value is -0.990. The van der Waals surface area contributed by atoms with Gasteiger partial charge in [0, 0.05) is 7.11 Å². The minimum atomic E-state index is -2.97. The molecule has 0 spiro atoms. The summed E-state index contributed by atoms with van der Waals surface area (Å²) >= 11 is 0. The molecule has 0 saturated carbocycles. The van der Waals surface area contributed by atoms with Crippen molar-refractivity contribution in [3.63, 3.8) is 0 Å². The number of nitriles is 1. The van der Waals surface area contributed by atoms with Crippen molar-refractivity contribution in [3.05, 3.63) is 12.2 Å². The third-order valence-corrected chi connectivity index (χ3v) is 1.90. The van der Waals surface area contributed by atoms with Crippen molar-refractivity contribution >= 4 is 0 Å². The summed E-state index contributed by atoms with van der Waals surface area (Å²) in [6.07, 6.45) is -3.64. The molecule has 0 heterocycles. The lowest BCUT2D eigenvalue weighted by molar-refractivity contribution is 0.0738. The van der Waals surface area contributed by atoms with E-state index in [9.17, 15) is 8.78 Å². The molecule has 2 atom stereocenters. The van der Waals surface area contributed by atoms with Crippen molar-refractivity contribution in [3.8, 4) is 6.07 Å². The van der Waals surface area contributed by atoms with Gasteiger partial charge in [0.2, 0.25) is 0 Å². The van der Waals surface area contributed by atoms with E-state index in [1.165, 1.54) is 20.1 Å². The van der Waals surface area contributed by atoms with E-state index in [4.69, 9.17) is 15.7 Å². The van der Waals surface area contributed by atoms with Gasteiger partial charge in [-0.25, -0.2) is 8.78 Å². The van der Waals surface area contributed by atoms with Gasteiger partial charge in [-0.05, 0) is 12.5 Å². The largest absolute Gasteiger partial charge is 0.377 e. The summed E-state index contributed by atoms with van der Waals surface area (Å²) in [5.74, 6) is 0. The van der Waals surface area contributed by atoms with E-state index >= 15 is 0 Å². The van der Waals surface area contributed by atoms with E-state index in [1.807, 2.05) is 0 Å². The zero-order valence-electron chi connectivity index (χ0n) is 7.55. The first-order valence-electron chi connectivity index (χ1n) is 3.60. The SMILES string of the molecule is C=C(C(C)OC)C(N)(C#N)C(F)F. The summed E-state index contributed by atoms with van der Waals surface area (Å²) in [4.78, 5) is 0. The number of hydrogen-bond acceptors (Lipinski definition) is 3. The van der Waals surface area contributed by atoms with Crippen molar-refractivity contribution in [2.24, 2.45) is 5.73 Å². The molecule has 3 nitrogen and oxygen atoms in total. The number of nitrogens with zero attached hydrogens (tertiary/aromatic N) is 1. The maximum Gasteiger partial charge on any atom is 0.273 e. The van der Waals surface area contributed by atoms with Crippen LogP contribution >= 0.6 is 0 Å². The van der Waals surface area contributed by atoms with Gasteiger partial charge in [0.25, 0.3) is 6.43 Å². The molecule has 0 rings (SSSR count). The fraction of sp³-hybridized carbons (Fsp3) is 0.625. The highest BCUT2D eigenvalue weighted by molar-refractivity contribution is 5.31.